The van der Waals surface area contributed by atoms with Crippen molar-refractivity contribution in [2.45, 2.75) is 12.5 Å². The zero-order chi connectivity index (χ0) is 11.4. The lowest BCUT2D eigenvalue weighted by molar-refractivity contribution is 0.0972. The maximum atomic E-state index is 12.0. The normalized spacial score (nSPS) is 20.6. The average molecular weight is 237 g/mol. The Balaban J connectivity index is 2.00. The van der Waals surface area contributed by atoms with E-state index in [2.05, 4.69) is 10.3 Å². The summed E-state index contributed by atoms with van der Waals surface area (Å²) < 4.78 is 0. The van der Waals surface area contributed by atoms with E-state index in [1.807, 2.05) is 11.8 Å². The molecule has 0 radical (unpaired) electrons. The molecule has 0 aliphatic carbocycles. The number of hydrogen-bond acceptors (Lipinski definition) is 5. The van der Waals surface area contributed by atoms with Gasteiger partial charge in [-0.15, -0.1) is 0 Å². The number of nitrogen functional groups attached to an aromatic ring is 1. The zero-order valence-corrected chi connectivity index (χ0v) is 9.80. The fraction of sp³-hybridized carbons (Fsp3) is 0.455. The minimum atomic E-state index is 0.0746. The van der Waals surface area contributed by atoms with Crippen molar-refractivity contribution in [3.8, 4) is 0 Å². The zero-order valence-electron chi connectivity index (χ0n) is 8.98. The molecule has 2 heterocycles. The highest BCUT2D eigenvalue weighted by Gasteiger charge is 2.19. The number of nitrogens with zero attached hydrogens (tertiary/aromatic N) is 1. The number of nitrogens with two attached hydrogens (primary N) is 1. The van der Waals surface area contributed by atoms with Crippen LogP contribution in [0.4, 0.5) is 5.82 Å². The van der Waals surface area contributed by atoms with Crippen LogP contribution in [0.1, 0.15) is 16.8 Å². The average Bonchev–Trinajstić information content (AvgIpc) is 2.31. The Morgan fingerprint density at radius 1 is 1.69 bits per heavy atom. The molecule has 16 heavy (non-hydrogen) atoms. The minimum Gasteiger partial charge on any atom is -0.383 e. The predicted octanol–water partition coefficient (Wildman–Crippen LogP) is 0.942. The number of carbonyl (C=O) groups excluding carboxylic acids is 1. The largest absolute Gasteiger partial charge is 0.383 e. The van der Waals surface area contributed by atoms with Gasteiger partial charge in [-0.25, -0.2) is 4.98 Å². The van der Waals surface area contributed by atoms with Gasteiger partial charge in [-0.3, -0.25) is 4.79 Å². The molecule has 0 spiro atoms. The Morgan fingerprint density at radius 2 is 2.56 bits per heavy atom. The minimum absolute atomic E-state index is 0.0746. The lowest BCUT2D eigenvalue weighted by Crippen LogP contribution is -2.38. The van der Waals surface area contributed by atoms with Crippen LogP contribution in [0.15, 0.2) is 18.3 Å². The van der Waals surface area contributed by atoms with Gasteiger partial charge in [-0.05, 0) is 12.1 Å². The highest BCUT2D eigenvalue weighted by molar-refractivity contribution is 7.99. The Hall–Kier alpha value is -1.07. The highest BCUT2D eigenvalue weighted by Crippen LogP contribution is 2.15. The quantitative estimate of drug-likeness (QED) is 0.766. The molecule has 1 unspecified atom stereocenters. The van der Waals surface area contributed by atoms with Crippen LogP contribution in [-0.4, -0.2) is 34.9 Å². The number of pyridine rings is 1. The maximum Gasteiger partial charge on any atom is 0.168 e. The molecule has 1 aliphatic rings. The molecule has 3 N–H and O–H groups in total. The van der Waals surface area contributed by atoms with E-state index in [0.29, 0.717) is 17.8 Å². The lowest BCUT2D eigenvalue weighted by atomic mass is 10.1. The molecule has 0 amide bonds. The van der Waals surface area contributed by atoms with Gasteiger partial charge in [0.05, 0.1) is 5.56 Å². The summed E-state index contributed by atoms with van der Waals surface area (Å²) in [5.74, 6) is 2.52. The molecule has 1 fully saturated rings. The van der Waals surface area contributed by atoms with Gasteiger partial charge in [0.25, 0.3) is 0 Å². The third-order valence-electron chi connectivity index (χ3n) is 2.57. The van der Waals surface area contributed by atoms with Gasteiger partial charge in [0.15, 0.2) is 5.78 Å². The van der Waals surface area contributed by atoms with Crippen molar-refractivity contribution in [2.75, 3.05) is 23.8 Å². The van der Waals surface area contributed by atoms with Crippen LogP contribution in [-0.2, 0) is 0 Å². The van der Waals surface area contributed by atoms with Crippen LogP contribution in [0.25, 0.3) is 0 Å². The summed E-state index contributed by atoms with van der Waals surface area (Å²) in [6, 6.07) is 3.75. The van der Waals surface area contributed by atoms with Crippen molar-refractivity contribution in [1.29, 1.82) is 0 Å². The van der Waals surface area contributed by atoms with E-state index in [-0.39, 0.29) is 11.8 Å². The first kappa shape index (κ1) is 11.4. The number of thioether (sulfide) groups is 1. The van der Waals surface area contributed by atoms with E-state index in [0.717, 1.165) is 18.1 Å². The molecule has 0 bridgehead atoms. The van der Waals surface area contributed by atoms with Gasteiger partial charge in [-0.1, -0.05) is 0 Å². The molecule has 1 atom stereocenters. The summed E-state index contributed by atoms with van der Waals surface area (Å²) in [4.78, 5) is 15.9. The van der Waals surface area contributed by atoms with E-state index >= 15 is 0 Å². The first-order chi connectivity index (χ1) is 7.77. The summed E-state index contributed by atoms with van der Waals surface area (Å²) in [5.41, 5.74) is 6.21. The third kappa shape index (κ3) is 2.74. The second-order valence-corrected chi connectivity index (χ2v) is 4.94. The first-order valence-electron chi connectivity index (χ1n) is 5.32. The molecule has 1 saturated heterocycles. The number of aromatic nitrogens is 1. The molecule has 1 aliphatic heterocycles. The van der Waals surface area contributed by atoms with Gasteiger partial charge in [0.2, 0.25) is 0 Å². The van der Waals surface area contributed by atoms with Crippen molar-refractivity contribution in [3.63, 3.8) is 0 Å². The number of hydrogen-bond donors (Lipinski definition) is 2. The molecule has 5 heteroatoms. The van der Waals surface area contributed by atoms with E-state index < -0.39 is 0 Å². The van der Waals surface area contributed by atoms with Crippen molar-refractivity contribution in [1.82, 2.24) is 10.3 Å². The molecule has 4 nitrogen and oxygen atoms in total. The fourth-order valence-corrected chi connectivity index (χ4v) is 2.69. The fourth-order valence-electron chi connectivity index (χ4n) is 1.74. The van der Waals surface area contributed by atoms with Crippen molar-refractivity contribution in [2.24, 2.45) is 0 Å². The van der Waals surface area contributed by atoms with Crippen LogP contribution in [0, 0.1) is 0 Å². The van der Waals surface area contributed by atoms with Crippen LogP contribution in [0.3, 0.4) is 0 Å². The van der Waals surface area contributed by atoms with Crippen molar-refractivity contribution >= 4 is 23.4 Å². The molecule has 1 aromatic rings. The Bertz CT molecular complexity index is 377. The highest BCUT2D eigenvalue weighted by atomic mass is 32.2. The maximum absolute atomic E-state index is 12.0. The van der Waals surface area contributed by atoms with E-state index in [4.69, 9.17) is 5.73 Å². The van der Waals surface area contributed by atoms with Crippen LogP contribution >= 0.6 is 11.8 Å². The Morgan fingerprint density at radius 3 is 3.25 bits per heavy atom. The van der Waals surface area contributed by atoms with Gasteiger partial charge >= 0.3 is 0 Å². The van der Waals surface area contributed by atoms with Crippen molar-refractivity contribution < 1.29 is 4.79 Å². The van der Waals surface area contributed by atoms with Crippen LogP contribution in [0.5, 0.6) is 0 Å². The second-order valence-electron chi connectivity index (χ2n) is 3.79. The number of Topliss-reactive ketones (excluding diaryl/α,β-unsaturated/α-hetero) is 1. The molecule has 0 aromatic carbocycles. The Labute approximate surface area is 99.0 Å². The van der Waals surface area contributed by atoms with E-state index in [1.165, 1.54) is 0 Å². The van der Waals surface area contributed by atoms with Crippen LogP contribution < -0.4 is 11.1 Å². The summed E-state index contributed by atoms with van der Waals surface area (Å²) in [6.45, 7) is 0.977. The molecule has 1 aromatic heterocycles. The summed E-state index contributed by atoms with van der Waals surface area (Å²) in [6.07, 6.45) is 2.10. The van der Waals surface area contributed by atoms with Crippen molar-refractivity contribution in [3.05, 3.63) is 23.9 Å². The summed E-state index contributed by atoms with van der Waals surface area (Å²) in [5, 5.41) is 3.34. The third-order valence-corrected chi connectivity index (χ3v) is 3.70. The lowest BCUT2D eigenvalue weighted by Gasteiger charge is -2.22. The SMILES string of the molecule is Nc1ncccc1C(=O)CC1CSCCN1. The molecular formula is C11H15N3OS. The Kier molecular flexibility index (Phi) is 3.79. The van der Waals surface area contributed by atoms with E-state index in [1.54, 1.807) is 18.3 Å². The van der Waals surface area contributed by atoms with Gasteiger partial charge in [0.1, 0.15) is 5.82 Å². The number of ketones is 1. The number of anilines is 1. The molecule has 0 saturated carbocycles. The number of nitrogens with one attached hydrogen (secondary N) is 1. The van der Waals surface area contributed by atoms with Crippen LogP contribution in [0.2, 0.25) is 0 Å². The summed E-state index contributed by atoms with van der Waals surface area (Å²) in [7, 11) is 0. The number of rotatable bonds is 3. The topological polar surface area (TPSA) is 68.0 Å². The van der Waals surface area contributed by atoms with Gasteiger partial charge < -0.3 is 11.1 Å². The molecule has 86 valence electrons. The second kappa shape index (κ2) is 5.32. The van der Waals surface area contributed by atoms with E-state index in [9.17, 15) is 4.79 Å². The monoisotopic (exact) mass is 237 g/mol. The van der Waals surface area contributed by atoms with Gasteiger partial charge in [0, 0.05) is 36.7 Å². The standard InChI is InChI=1S/C11H15N3OS/c12-11-9(2-1-3-14-11)10(15)6-8-7-16-5-4-13-8/h1-3,8,13H,4-7H2,(H2,12,14). The predicted molar refractivity (Wildman–Crippen MR) is 66.7 cm³/mol. The molecular weight excluding hydrogens is 222 g/mol. The summed E-state index contributed by atoms with van der Waals surface area (Å²) >= 11 is 1.88. The smallest absolute Gasteiger partial charge is 0.168 e. The first-order valence-corrected chi connectivity index (χ1v) is 6.47. The number of carbonyl (C=O) groups is 1. The van der Waals surface area contributed by atoms with Gasteiger partial charge in [-0.2, -0.15) is 11.8 Å². The molecule has 2 rings (SSSR count).